The molecule has 23 heavy (non-hydrogen) atoms. The van der Waals surface area contributed by atoms with Gasteiger partial charge >= 0.3 is 0 Å². The number of aliphatic carboxylic acids is 1. The van der Waals surface area contributed by atoms with E-state index in [1.165, 1.54) is 0 Å². The van der Waals surface area contributed by atoms with E-state index in [0.717, 1.165) is 5.39 Å². The molecule has 4 rings (SSSR count). The standard InChI is InChI=1S/C18H16N2O3/c21-17(14-11-6-7-12(9-11)15(14)18(22)23)20-13-5-1-3-10-4-2-8-19-16(10)13/h1-8,11-12,14-15H,9H2,(H,20,21)(H,22,23)/p-1/t11-,12+,14+,15+/m1/s1. The summed E-state index contributed by atoms with van der Waals surface area (Å²) >= 11 is 0. The minimum absolute atomic E-state index is 0.0224. The summed E-state index contributed by atoms with van der Waals surface area (Å²) in [6, 6.07) is 9.30. The van der Waals surface area contributed by atoms with E-state index in [4.69, 9.17) is 0 Å². The van der Waals surface area contributed by atoms with Crippen molar-refractivity contribution in [2.24, 2.45) is 23.7 Å². The van der Waals surface area contributed by atoms with Gasteiger partial charge in [-0.05, 0) is 30.4 Å². The predicted octanol–water partition coefficient (Wildman–Crippen LogP) is 1.36. The van der Waals surface area contributed by atoms with Gasteiger partial charge in [-0.3, -0.25) is 9.78 Å². The van der Waals surface area contributed by atoms with Crippen LogP contribution in [0.3, 0.4) is 0 Å². The maximum Gasteiger partial charge on any atom is 0.228 e. The smallest absolute Gasteiger partial charge is 0.228 e. The summed E-state index contributed by atoms with van der Waals surface area (Å²) in [5.41, 5.74) is 1.31. The number of nitrogens with one attached hydrogen (secondary N) is 1. The number of carbonyl (C=O) groups is 2. The average molecular weight is 307 g/mol. The van der Waals surface area contributed by atoms with Crippen molar-refractivity contribution in [2.45, 2.75) is 6.42 Å². The highest BCUT2D eigenvalue weighted by Crippen LogP contribution is 2.48. The highest BCUT2D eigenvalue weighted by Gasteiger charge is 2.48. The van der Waals surface area contributed by atoms with Gasteiger partial charge in [-0.1, -0.05) is 30.4 Å². The van der Waals surface area contributed by atoms with E-state index in [2.05, 4.69) is 10.3 Å². The minimum atomic E-state index is -1.14. The van der Waals surface area contributed by atoms with Gasteiger partial charge in [0.15, 0.2) is 0 Å². The molecule has 0 spiro atoms. The first kappa shape index (κ1) is 13.9. The van der Waals surface area contributed by atoms with Crippen LogP contribution in [0, 0.1) is 23.7 Å². The van der Waals surface area contributed by atoms with Crippen LogP contribution in [0.5, 0.6) is 0 Å². The van der Waals surface area contributed by atoms with Gasteiger partial charge in [-0.2, -0.15) is 0 Å². The van der Waals surface area contributed by atoms with Gasteiger partial charge < -0.3 is 15.2 Å². The number of allylic oxidation sites excluding steroid dienone is 2. The maximum absolute atomic E-state index is 12.7. The lowest BCUT2D eigenvalue weighted by Crippen LogP contribution is -2.42. The number of hydrogen-bond acceptors (Lipinski definition) is 4. The van der Waals surface area contributed by atoms with Crippen molar-refractivity contribution >= 4 is 28.5 Å². The number of amides is 1. The van der Waals surface area contributed by atoms with Crippen molar-refractivity contribution in [1.29, 1.82) is 0 Å². The van der Waals surface area contributed by atoms with Crippen LogP contribution in [-0.4, -0.2) is 16.9 Å². The molecular weight excluding hydrogens is 292 g/mol. The normalized spacial score (nSPS) is 28.2. The number of carbonyl (C=O) groups excluding carboxylic acids is 2. The lowest BCUT2D eigenvalue weighted by Gasteiger charge is -2.27. The molecule has 0 aliphatic heterocycles. The second kappa shape index (κ2) is 5.19. The summed E-state index contributed by atoms with van der Waals surface area (Å²) < 4.78 is 0. The molecule has 1 amide bonds. The van der Waals surface area contributed by atoms with Crippen LogP contribution in [-0.2, 0) is 9.59 Å². The van der Waals surface area contributed by atoms with E-state index in [9.17, 15) is 14.7 Å². The monoisotopic (exact) mass is 307 g/mol. The first-order valence-electron chi connectivity index (χ1n) is 7.69. The van der Waals surface area contributed by atoms with Crippen LogP contribution in [0.4, 0.5) is 5.69 Å². The Balaban J connectivity index is 1.65. The molecule has 2 bridgehead atoms. The number of carboxylic acid groups (broad SMARTS) is 1. The Hall–Kier alpha value is -2.69. The molecule has 1 aromatic carbocycles. The molecule has 1 N–H and O–H groups in total. The third-order valence-corrected chi connectivity index (χ3v) is 4.92. The summed E-state index contributed by atoms with van der Waals surface area (Å²) in [4.78, 5) is 28.4. The van der Waals surface area contributed by atoms with Gasteiger partial charge in [0.2, 0.25) is 5.91 Å². The van der Waals surface area contributed by atoms with Crippen molar-refractivity contribution in [2.75, 3.05) is 5.32 Å². The van der Waals surface area contributed by atoms with Crippen molar-refractivity contribution in [3.8, 4) is 0 Å². The molecule has 5 nitrogen and oxygen atoms in total. The van der Waals surface area contributed by atoms with E-state index in [1.54, 1.807) is 12.3 Å². The zero-order valence-corrected chi connectivity index (χ0v) is 12.3. The lowest BCUT2D eigenvalue weighted by molar-refractivity contribution is -0.313. The lowest BCUT2D eigenvalue weighted by atomic mass is 9.82. The van der Waals surface area contributed by atoms with Gasteiger partial charge in [0.25, 0.3) is 0 Å². The van der Waals surface area contributed by atoms with Crippen LogP contribution < -0.4 is 10.4 Å². The molecule has 2 aliphatic carbocycles. The Labute approximate surface area is 133 Å². The number of aromatic nitrogens is 1. The SMILES string of the molecule is O=C(Nc1cccc2cccnc12)[C@@H]1[C@@H](C(=O)[O-])[C@H]2C=C[C@@H]1C2. The maximum atomic E-state index is 12.7. The third kappa shape index (κ3) is 2.20. The first-order chi connectivity index (χ1) is 11.1. The van der Waals surface area contributed by atoms with Gasteiger partial charge in [-0.15, -0.1) is 0 Å². The van der Waals surface area contributed by atoms with Crippen LogP contribution >= 0.6 is 0 Å². The number of benzene rings is 1. The van der Waals surface area contributed by atoms with Gasteiger partial charge in [0.05, 0.1) is 17.1 Å². The van der Waals surface area contributed by atoms with Crippen LogP contribution in [0.1, 0.15) is 6.42 Å². The number of anilines is 1. The molecule has 0 unspecified atom stereocenters. The molecule has 5 heteroatoms. The Morgan fingerprint density at radius 3 is 2.61 bits per heavy atom. The number of para-hydroxylation sites is 1. The molecule has 4 atom stereocenters. The van der Waals surface area contributed by atoms with E-state index >= 15 is 0 Å². The molecule has 0 saturated heterocycles. The summed E-state index contributed by atoms with van der Waals surface area (Å²) in [5, 5.41) is 15.2. The molecular formula is C18H15N2O3-. The fraction of sp³-hybridized carbons (Fsp3) is 0.278. The average Bonchev–Trinajstić information content (AvgIpc) is 3.16. The molecule has 1 saturated carbocycles. The quantitative estimate of drug-likeness (QED) is 0.868. The van der Waals surface area contributed by atoms with Crippen molar-refractivity contribution in [3.05, 3.63) is 48.7 Å². The van der Waals surface area contributed by atoms with Gasteiger partial charge in [0, 0.05) is 23.5 Å². The summed E-state index contributed by atoms with van der Waals surface area (Å²) in [6.45, 7) is 0. The van der Waals surface area contributed by atoms with Crippen molar-refractivity contribution < 1.29 is 14.7 Å². The second-order valence-corrected chi connectivity index (χ2v) is 6.19. The zero-order valence-electron chi connectivity index (χ0n) is 12.3. The van der Waals surface area contributed by atoms with Gasteiger partial charge in [0.1, 0.15) is 0 Å². The van der Waals surface area contributed by atoms with E-state index in [1.807, 2.05) is 36.4 Å². The zero-order chi connectivity index (χ0) is 16.0. The summed E-state index contributed by atoms with van der Waals surface area (Å²) in [7, 11) is 0. The number of nitrogens with zero attached hydrogens (tertiary/aromatic N) is 1. The molecule has 1 fully saturated rings. The van der Waals surface area contributed by atoms with Crippen molar-refractivity contribution in [1.82, 2.24) is 4.98 Å². The van der Waals surface area contributed by atoms with Crippen molar-refractivity contribution in [3.63, 3.8) is 0 Å². The molecule has 1 aromatic heterocycles. The minimum Gasteiger partial charge on any atom is -0.550 e. The fourth-order valence-corrected chi connectivity index (χ4v) is 3.92. The fourth-order valence-electron chi connectivity index (χ4n) is 3.92. The largest absolute Gasteiger partial charge is 0.550 e. The van der Waals surface area contributed by atoms with Crippen LogP contribution in [0.15, 0.2) is 48.7 Å². The topological polar surface area (TPSA) is 82.1 Å². The Bertz CT molecular complexity index is 825. The summed E-state index contributed by atoms with van der Waals surface area (Å²) in [6.07, 6.45) is 6.23. The number of hydrogen-bond donors (Lipinski definition) is 1. The number of carboxylic acids is 1. The van der Waals surface area contributed by atoms with Gasteiger partial charge in [-0.25, -0.2) is 0 Å². The molecule has 1 heterocycles. The Morgan fingerprint density at radius 1 is 1.09 bits per heavy atom. The third-order valence-electron chi connectivity index (χ3n) is 4.92. The molecule has 2 aliphatic rings. The van der Waals surface area contributed by atoms with E-state index in [-0.39, 0.29) is 17.7 Å². The molecule has 0 radical (unpaired) electrons. The molecule has 116 valence electrons. The Morgan fingerprint density at radius 2 is 1.83 bits per heavy atom. The summed E-state index contributed by atoms with van der Waals surface area (Å²) in [5.74, 6) is -2.84. The number of pyridine rings is 1. The Kier molecular flexibility index (Phi) is 3.15. The highest BCUT2D eigenvalue weighted by molar-refractivity contribution is 6.02. The highest BCUT2D eigenvalue weighted by atomic mass is 16.4. The van der Waals surface area contributed by atoms with E-state index in [0.29, 0.717) is 17.6 Å². The van der Waals surface area contributed by atoms with Crippen LogP contribution in [0.25, 0.3) is 10.9 Å². The van der Waals surface area contributed by atoms with Crippen LogP contribution in [0.2, 0.25) is 0 Å². The molecule has 2 aromatic rings. The first-order valence-corrected chi connectivity index (χ1v) is 7.69. The second-order valence-electron chi connectivity index (χ2n) is 6.19. The number of rotatable bonds is 3. The number of fused-ring (bicyclic) bond motifs is 3. The van der Waals surface area contributed by atoms with E-state index < -0.39 is 17.8 Å². The predicted molar refractivity (Wildman–Crippen MR) is 83.1 cm³/mol.